The van der Waals surface area contributed by atoms with E-state index in [2.05, 4.69) is 34.7 Å². The van der Waals surface area contributed by atoms with Crippen molar-refractivity contribution in [3.05, 3.63) is 95.1 Å². The molecular formula is C27H33N3O3S. The van der Waals surface area contributed by atoms with Crippen LogP contribution in [0.4, 0.5) is 10.5 Å². The van der Waals surface area contributed by atoms with Crippen molar-refractivity contribution in [2.45, 2.75) is 48.5 Å². The van der Waals surface area contributed by atoms with Gasteiger partial charge >= 0.3 is 6.03 Å². The van der Waals surface area contributed by atoms with Crippen LogP contribution >= 0.6 is 0 Å². The number of urea groups is 1. The number of rotatable bonds is 6. The molecule has 2 N–H and O–H groups in total. The molecule has 2 amide bonds. The number of hydrogen-bond acceptors (Lipinski definition) is 4. The van der Waals surface area contributed by atoms with Crippen molar-refractivity contribution in [1.29, 1.82) is 0 Å². The van der Waals surface area contributed by atoms with Gasteiger partial charge in [-0.1, -0.05) is 48.5 Å². The fourth-order valence-electron chi connectivity index (χ4n) is 5.23. The zero-order valence-corrected chi connectivity index (χ0v) is 20.2. The molecule has 2 aliphatic heterocycles. The Hall–Kier alpha value is -3.16. The summed E-state index contributed by atoms with van der Waals surface area (Å²) < 4.78 is 26.1. The lowest BCUT2D eigenvalue weighted by molar-refractivity contribution is 0.249. The minimum absolute atomic E-state index is 0. The van der Waals surface area contributed by atoms with E-state index < -0.39 is 9.84 Å². The summed E-state index contributed by atoms with van der Waals surface area (Å²) in [7, 11) is -1.35. The summed E-state index contributed by atoms with van der Waals surface area (Å²) in [6.07, 6.45) is 2.31. The van der Waals surface area contributed by atoms with Crippen molar-refractivity contribution in [3.63, 3.8) is 0 Å². The molecule has 5 rings (SSSR count). The number of carbonyl (C=O) groups excluding carboxylic acids is 1. The minimum atomic E-state index is -3.50. The molecular weight excluding hydrogens is 446 g/mol. The minimum Gasteiger partial charge on any atom is -0.331 e. The van der Waals surface area contributed by atoms with E-state index in [0.717, 1.165) is 17.5 Å². The molecule has 180 valence electrons. The van der Waals surface area contributed by atoms with Crippen LogP contribution in [0.5, 0.6) is 0 Å². The lowest BCUT2D eigenvalue weighted by Crippen LogP contribution is -2.31. The summed E-state index contributed by atoms with van der Waals surface area (Å²) in [4.78, 5) is 15.0. The average Bonchev–Trinajstić information content (AvgIpc) is 3.32. The molecule has 2 heterocycles. The van der Waals surface area contributed by atoms with E-state index in [-0.39, 0.29) is 25.6 Å². The maximum atomic E-state index is 13.1. The Morgan fingerprint density at radius 1 is 1.00 bits per heavy atom. The van der Waals surface area contributed by atoms with E-state index in [0.29, 0.717) is 17.8 Å². The number of benzene rings is 3. The summed E-state index contributed by atoms with van der Waals surface area (Å²) in [6.45, 7) is 1.91. The molecule has 0 aromatic heterocycles. The SMILES string of the molecule is C[C@H](NC(=O)Nc1ccc(S(=O)(=O)Cc2ccc3c(c2)C2CCC3N2C)cc1)c1ccccc1.[HH].[HH]. The highest BCUT2D eigenvalue weighted by Gasteiger charge is 2.41. The molecule has 0 radical (unpaired) electrons. The van der Waals surface area contributed by atoms with E-state index in [4.69, 9.17) is 0 Å². The van der Waals surface area contributed by atoms with Crippen LogP contribution in [-0.2, 0) is 15.6 Å². The number of sulfone groups is 1. The third kappa shape index (κ3) is 4.33. The van der Waals surface area contributed by atoms with Gasteiger partial charge in [-0.25, -0.2) is 13.2 Å². The van der Waals surface area contributed by atoms with Crippen molar-refractivity contribution in [2.75, 3.05) is 12.4 Å². The molecule has 1 saturated heterocycles. The molecule has 0 aliphatic carbocycles. The van der Waals surface area contributed by atoms with Crippen molar-refractivity contribution in [3.8, 4) is 0 Å². The number of amides is 2. The second-order valence-electron chi connectivity index (χ2n) is 9.25. The standard InChI is InChI=1S/C27H29N3O3S.2H2/c1-18(20-6-4-3-5-7-20)28-27(31)29-21-9-11-22(12-10-21)34(32,33)17-19-8-13-23-24(16-19)26-15-14-25(23)30(26)2;;/h3-13,16,18,25-26H,14-15,17H2,1-2H3,(H2,28,29,31);2*1H/t18-,25?,26?;;/m0../s1. The highest BCUT2D eigenvalue weighted by atomic mass is 32.2. The lowest BCUT2D eigenvalue weighted by atomic mass is 9.91. The smallest absolute Gasteiger partial charge is 0.319 e. The van der Waals surface area contributed by atoms with Gasteiger partial charge in [0.2, 0.25) is 0 Å². The molecule has 2 unspecified atom stereocenters. The van der Waals surface area contributed by atoms with Gasteiger partial charge in [0.05, 0.1) is 16.7 Å². The molecule has 34 heavy (non-hydrogen) atoms. The Bertz CT molecular complexity index is 1320. The third-order valence-electron chi connectivity index (χ3n) is 7.04. The highest BCUT2D eigenvalue weighted by Crippen LogP contribution is 2.52. The second-order valence-corrected chi connectivity index (χ2v) is 11.2. The molecule has 0 saturated carbocycles. The van der Waals surface area contributed by atoms with E-state index >= 15 is 0 Å². The summed E-state index contributed by atoms with van der Waals surface area (Å²) >= 11 is 0. The van der Waals surface area contributed by atoms with E-state index in [9.17, 15) is 13.2 Å². The van der Waals surface area contributed by atoms with E-state index in [1.54, 1.807) is 24.3 Å². The van der Waals surface area contributed by atoms with E-state index in [1.165, 1.54) is 17.5 Å². The molecule has 3 atom stereocenters. The maximum absolute atomic E-state index is 13.1. The average molecular weight is 480 g/mol. The van der Waals surface area contributed by atoms with Gasteiger partial charge in [-0.05, 0) is 73.3 Å². The first-order valence-corrected chi connectivity index (χ1v) is 13.3. The summed E-state index contributed by atoms with van der Waals surface area (Å²) in [5.41, 5.74) is 4.98. The molecule has 1 fully saturated rings. The number of hydrogen-bond donors (Lipinski definition) is 2. The Morgan fingerprint density at radius 3 is 2.38 bits per heavy atom. The van der Waals surface area contributed by atoms with Crippen molar-refractivity contribution in [2.24, 2.45) is 0 Å². The molecule has 7 heteroatoms. The van der Waals surface area contributed by atoms with Gasteiger partial charge in [0.25, 0.3) is 0 Å². The summed E-state index contributed by atoms with van der Waals surface area (Å²) in [5, 5.41) is 5.65. The molecule has 2 bridgehead atoms. The first-order valence-electron chi connectivity index (χ1n) is 11.6. The zero-order chi connectivity index (χ0) is 23.9. The predicted octanol–water partition coefficient (Wildman–Crippen LogP) is 5.86. The van der Waals surface area contributed by atoms with Gasteiger partial charge in [0, 0.05) is 20.6 Å². The Labute approximate surface area is 203 Å². The molecule has 3 aromatic rings. The fourth-order valence-corrected chi connectivity index (χ4v) is 6.57. The van der Waals surface area contributed by atoms with Crippen molar-refractivity contribution in [1.82, 2.24) is 10.2 Å². The van der Waals surface area contributed by atoms with Gasteiger partial charge in [-0.3, -0.25) is 4.90 Å². The van der Waals surface area contributed by atoms with Crippen molar-refractivity contribution >= 4 is 21.6 Å². The normalized spacial score (nSPS) is 20.1. The predicted molar refractivity (Wildman–Crippen MR) is 137 cm³/mol. The number of anilines is 1. The van der Waals surface area contributed by atoms with Crippen LogP contribution in [-0.4, -0.2) is 26.4 Å². The fraction of sp³-hybridized carbons (Fsp3) is 0.296. The van der Waals surface area contributed by atoms with Crippen molar-refractivity contribution < 1.29 is 16.1 Å². The Balaban J connectivity index is 0.00000180. The zero-order valence-electron chi connectivity index (χ0n) is 19.4. The van der Waals surface area contributed by atoms with Gasteiger partial charge in [0.15, 0.2) is 9.84 Å². The van der Waals surface area contributed by atoms with Crippen LogP contribution in [0.3, 0.4) is 0 Å². The van der Waals surface area contributed by atoms with Crippen LogP contribution in [0.2, 0.25) is 0 Å². The van der Waals surface area contributed by atoms with Crippen LogP contribution in [0.15, 0.2) is 77.7 Å². The van der Waals surface area contributed by atoms with Crippen LogP contribution < -0.4 is 10.6 Å². The summed E-state index contributed by atoms with van der Waals surface area (Å²) in [6, 6.07) is 22.5. The van der Waals surface area contributed by atoms with Crippen LogP contribution in [0.25, 0.3) is 0 Å². The van der Waals surface area contributed by atoms with Crippen LogP contribution in [0, 0.1) is 0 Å². The lowest BCUT2D eigenvalue weighted by Gasteiger charge is -2.15. The van der Waals surface area contributed by atoms with Gasteiger partial charge < -0.3 is 10.6 Å². The Morgan fingerprint density at radius 2 is 1.68 bits per heavy atom. The highest BCUT2D eigenvalue weighted by molar-refractivity contribution is 7.90. The van der Waals surface area contributed by atoms with Gasteiger partial charge in [-0.2, -0.15) is 0 Å². The molecule has 0 spiro atoms. The Kier molecular flexibility index (Phi) is 5.91. The second kappa shape index (κ2) is 8.89. The molecule has 2 aliphatic rings. The third-order valence-corrected chi connectivity index (χ3v) is 8.74. The first kappa shape index (κ1) is 22.6. The molecule has 6 nitrogen and oxygen atoms in total. The van der Waals surface area contributed by atoms with Gasteiger partial charge in [0.1, 0.15) is 0 Å². The quantitative estimate of drug-likeness (QED) is 0.464. The molecule has 3 aromatic carbocycles. The number of nitrogens with one attached hydrogen (secondary N) is 2. The number of carbonyl (C=O) groups is 1. The first-order chi connectivity index (χ1) is 16.3. The largest absolute Gasteiger partial charge is 0.331 e. The number of nitrogens with zero attached hydrogens (tertiary/aromatic N) is 1. The van der Waals surface area contributed by atoms with Crippen LogP contribution in [0.1, 0.15) is 63.0 Å². The topological polar surface area (TPSA) is 78.5 Å². The monoisotopic (exact) mass is 479 g/mol. The number of fused-ring (bicyclic) bond motifs is 5. The maximum Gasteiger partial charge on any atom is 0.319 e. The van der Waals surface area contributed by atoms with E-state index in [1.807, 2.05) is 43.3 Å². The summed E-state index contributed by atoms with van der Waals surface area (Å²) in [5.74, 6) is -0.0385. The van der Waals surface area contributed by atoms with Gasteiger partial charge in [-0.15, -0.1) is 0 Å².